The van der Waals surface area contributed by atoms with E-state index in [1.54, 1.807) is 6.07 Å². The van der Waals surface area contributed by atoms with E-state index in [2.05, 4.69) is 46.5 Å². The number of H-pyrrole nitrogens is 1. The Morgan fingerprint density at radius 3 is 2.88 bits per heavy atom. The summed E-state index contributed by atoms with van der Waals surface area (Å²) < 4.78 is 4.80. The molecule has 128 valence electrons. The Morgan fingerprint density at radius 2 is 2.12 bits per heavy atom. The minimum atomic E-state index is -0.0742. The molecule has 1 aromatic carbocycles. The summed E-state index contributed by atoms with van der Waals surface area (Å²) in [6.07, 6.45) is 5.29. The Morgan fingerprint density at radius 1 is 1.28 bits per heavy atom. The van der Waals surface area contributed by atoms with Gasteiger partial charge in [-0.15, -0.1) is 0 Å². The molecule has 0 saturated carbocycles. The zero-order chi connectivity index (χ0) is 17.2. The van der Waals surface area contributed by atoms with Crippen LogP contribution in [0.5, 0.6) is 0 Å². The molecule has 0 radical (unpaired) electrons. The lowest BCUT2D eigenvalue weighted by atomic mass is 9.90. The van der Waals surface area contributed by atoms with Gasteiger partial charge >= 0.3 is 0 Å². The summed E-state index contributed by atoms with van der Waals surface area (Å²) in [5.74, 6) is 0.165. The topological polar surface area (TPSA) is 75.0 Å². The summed E-state index contributed by atoms with van der Waals surface area (Å²) in [5.41, 5.74) is 4.96. The van der Waals surface area contributed by atoms with Crippen molar-refractivity contribution in [1.29, 1.82) is 0 Å². The van der Waals surface area contributed by atoms with Gasteiger partial charge in [0.15, 0.2) is 5.69 Å². The fourth-order valence-electron chi connectivity index (χ4n) is 3.45. The highest BCUT2D eigenvalue weighted by atomic mass is 16.5. The first-order valence-electron chi connectivity index (χ1n) is 8.52. The molecular formula is C19H20N4O2. The monoisotopic (exact) mass is 336 g/mol. The SMILES string of the molecule is Cc1ccc(-c2cn[nH]c2[C@H]2CCCN(C(=O)c3ccon3)C2)cc1. The molecule has 0 aliphatic carbocycles. The van der Waals surface area contributed by atoms with Crippen molar-refractivity contribution in [2.24, 2.45) is 0 Å². The number of benzene rings is 1. The maximum absolute atomic E-state index is 12.5. The third kappa shape index (κ3) is 3.07. The van der Waals surface area contributed by atoms with Crippen LogP contribution >= 0.6 is 0 Å². The number of aromatic amines is 1. The molecule has 1 N–H and O–H groups in total. The predicted octanol–water partition coefficient (Wildman–Crippen LogP) is 3.39. The largest absolute Gasteiger partial charge is 0.364 e. The lowest BCUT2D eigenvalue weighted by Gasteiger charge is -2.32. The second-order valence-corrected chi connectivity index (χ2v) is 6.54. The van der Waals surface area contributed by atoms with Gasteiger partial charge in [-0.3, -0.25) is 9.89 Å². The minimum Gasteiger partial charge on any atom is -0.364 e. The summed E-state index contributed by atoms with van der Waals surface area (Å²) in [4.78, 5) is 14.4. The fraction of sp³-hybridized carbons (Fsp3) is 0.316. The molecule has 0 unspecified atom stereocenters. The van der Waals surface area contributed by atoms with Crippen molar-refractivity contribution >= 4 is 5.91 Å². The van der Waals surface area contributed by atoms with Crippen LogP contribution in [0.1, 0.15) is 40.5 Å². The van der Waals surface area contributed by atoms with Crippen molar-refractivity contribution < 1.29 is 9.32 Å². The highest BCUT2D eigenvalue weighted by molar-refractivity contribution is 5.92. The normalized spacial score (nSPS) is 17.6. The van der Waals surface area contributed by atoms with E-state index in [-0.39, 0.29) is 11.8 Å². The van der Waals surface area contributed by atoms with Crippen molar-refractivity contribution in [2.75, 3.05) is 13.1 Å². The first kappa shape index (κ1) is 15.6. The Balaban J connectivity index is 1.57. The molecule has 6 heteroatoms. The van der Waals surface area contributed by atoms with E-state index in [0.717, 1.165) is 36.2 Å². The van der Waals surface area contributed by atoms with Crippen molar-refractivity contribution in [3.63, 3.8) is 0 Å². The molecular weight excluding hydrogens is 316 g/mol. The van der Waals surface area contributed by atoms with Gasteiger partial charge in [0.1, 0.15) is 6.26 Å². The summed E-state index contributed by atoms with van der Waals surface area (Å²) in [6, 6.07) is 10.1. The van der Waals surface area contributed by atoms with E-state index in [1.165, 1.54) is 11.8 Å². The van der Waals surface area contributed by atoms with Gasteiger partial charge in [-0.25, -0.2) is 0 Å². The quantitative estimate of drug-likeness (QED) is 0.795. The van der Waals surface area contributed by atoms with Crippen LogP contribution in [-0.2, 0) is 0 Å². The Labute approximate surface area is 145 Å². The van der Waals surface area contributed by atoms with E-state index in [0.29, 0.717) is 12.2 Å². The summed E-state index contributed by atoms with van der Waals surface area (Å²) >= 11 is 0. The van der Waals surface area contributed by atoms with Gasteiger partial charge in [-0.05, 0) is 25.3 Å². The molecule has 2 aromatic heterocycles. The molecule has 1 aliphatic heterocycles. The average Bonchev–Trinajstić information content (AvgIpc) is 3.34. The second kappa shape index (κ2) is 6.55. The highest BCUT2D eigenvalue weighted by Crippen LogP contribution is 2.33. The average molecular weight is 336 g/mol. The van der Waals surface area contributed by atoms with Gasteiger partial charge in [0.2, 0.25) is 0 Å². The number of nitrogens with zero attached hydrogens (tertiary/aromatic N) is 3. The first-order valence-corrected chi connectivity index (χ1v) is 8.52. The zero-order valence-corrected chi connectivity index (χ0v) is 14.1. The van der Waals surface area contributed by atoms with E-state index in [1.807, 2.05) is 11.1 Å². The molecule has 1 atom stereocenters. The molecule has 1 saturated heterocycles. The molecule has 3 aromatic rings. The van der Waals surface area contributed by atoms with Gasteiger partial charge in [0, 0.05) is 36.3 Å². The van der Waals surface area contributed by atoms with E-state index in [9.17, 15) is 4.79 Å². The predicted molar refractivity (Wildman–Crippen MR) is 93.1 cm³/mol. The summed E-state index contributed by atoms with van der Waals surface area (Å²) in [7, 11) is 0. The Hall–Kier alpha value is -2.89. The van der Waals surface area contributed by atoms with Crippen LogP contribution in [0.4, 0.5) is 0 Å². The molecule has 6 nitrogen and oxygen atoms in total. The van der Waals surface area contributed by atoms with E-state index < -0.39 is 0 Å². The molecule has 0 spiro atoms. The number of amides is 1. The zero-order valence-electron chi connectivity index (χ0n) is 14.1. The Kier molecular flexibility index (Phi) is 4.09. The molecule has 1 aliphatic rings. The third-order valence-corrected chi connectivity index (χ3v) is 4.81. The number of hydrogen-bond acceptors (Lipinski definition) is 4. The number of likely N-dealkylation sites (tertiary alicyclic amines) is 1. The van der Waals surface area contributed by atoms with E-state index >= 15 is 0 Å². The fourth-order valence-corrected chi connectivity index (χ4v) is 3.45. The molecule has 25 heavy (non-hydrogen) atoms. The van der Waals surface area contributed by atoms with Gasteiger partial charge in [0.05, 0.1) is 6.20 Å². The van der Waals surface area contributed by atoms with Crippen LogP contribution in [0.25, 0.3) is 11.1 Å². The second-order valence-electron chi connectivity index (χ2n) is 6.54. The summed E-state index contributed by atoms with van der Waals surface area (Å²) in [6.45, 7) is 3.48. The van der Waals surface area contributed by atoms with Crippen LogP contribution in [0.15, 0.2) is 47.3 Å². The standard InChI is InChI=1S/C19H20N4O2/c1-13-4-6-14(7-5-13)16-11-20-21-18(16)15-3-2-9-23(12-15)19(24)17-8-10-25-22-17/h4-8,10-11,15H,2-3,9,12H2,1H3,(H,20,21)/t15-/m0/s1. The maximum atomic E-state index is 12.5. The smallest absolute Gasteiger partial charge is 0.276 e. The number of piperidine rings is 1. The van der Waals surface area contributed by atoms with Gasteiger partial charge in [-0.2, -0.15) is 5.10 Å². The number of carbonyl (C=O) groups is 1. The first-order chi connectivity index (χ1) is 12.2. The molecule has 0 bridgehead atoms. The molecule has 3 heterocycles. The number of aryl methyl sites for hydroxylation is 1. The Bertz CT molecular complexity index is 852. The number of hydrogen-bond donors (Lipinski definition) is 1. The van der Waals surface area contributed by atoms with Crippen molar-refractivity contribution in [3.05, 3.63) is 59.7 Å². The van der Waals surface area contributed by atoms with E-state index in [4.69, 9.17) is 4.52 Å². The molecule has 1 fully saturated rings. The molecule has 4 rings (SSSR count). The minimum absolute atomic E-state index is 0.0742. The van der Waals surface area contributed by atoms with Crippen LogP contribution in [0, 0.1) is 6.92 Å². The molecule has 1 amide bonds. The van der Waals surface area contributed by atoms with Crippen molar-refractivity contribution in [2.45, 2.75) is 25.7 Å². The lowest BCUT2D eigenvalue weighted by molar-refractivity contribution is 0.0695. The van der Waals surface area contributed by atoms with Crippen LogP contribution in [-0.4, -0.2) is 39.3 Å². The van der Waals surface area contributed by atoms with Crippen LogP contribution in [0.3, 0.4) is 0 Å². The maximum Gasteiger partial charge on any atom is 0.276 e. The lowest BCUT2D eigenvalue weighted by Crippen LogP contribution is -2.39. The summed E-state index contributed by atoms with van der Waals surface area (Å²) in [5, 5.41) is 11.2. The van der Waals surface area contributed by atoms with Gasteiger partial charge in [0.25, 0.3) is 5.91 Å². The van der Waals surface area contributed by atoms with Crippen LogP contribution in [0.2, 0.25) is 0 Å². The number of rotatable bonds is 3. The van der Waals surface area contributed by atoms with Crippen LogP contribution < -0.4 is 0 Å². The van der Waals surface area contributed by atoms with Gasteiger partial charge < -0.3 is 9.42 Å². The van der Waals surface area contributed by atoms with Crippen molar-refractivity contribution in [1.82, 2.24) is 20.3 Å². The number of aromatic nitrogens is 3. The number of carbonyl (C=O) groups excluding carboxylic acids is 1. The third-order valence-electron chi connectivity index (χ3n) is 4.81. The highest BCUT2D eigenvalue weighted by Gasteiger charge is 2.29. The van der Waals surface area contributed by atoms with Gasteiger partial charge in [-0.1, -0.05) is 35.0 Å². The number of nitrogens with one attached hydrogen (secondary N) is 1. The van der Waals surface area contributed by atoms with Crippen molar-refractivity contribution in [3.8, 4) is 11.1 Å².